The molecule has 4 aromatic carbocycles. The van der Waals surface area contributed by atoms with Crippen molar-refractivity contribution in [2.24, 2.45) is 0 Å². The fraction of sp³-hybridized carbons (Fsp3) is 0.200. The SMILES string of the molecule is OCCCC[P+](CCP(c1ccccc1)c1ccccc1)(c1ccccc1)c1ccccc1. The maximum atomic E-state index is 9.54. The van der Waals surface area contributed by atoms with Crippen molar-refractivity contribution < 1.29 is 5.11 Å². The molecule has 0 saturated heterocycles. The zero-order valence-corrected chi connectivity index (χ0v) is 20.9. The third-order valence-electron chi connectivity index (χ3n) is 6.29. The molecule has 0 aliphatic heterocycles. The molecule has 1 N–H and O–H groups in total. The lowest BCUT2D eigenvalue weighted by Crippen LogP contribution is -2.30. The number of benzene rings is 4. The monoisotopic (exact) mass is 471 g/mol. The summed E-state index contributed by atoms with van der Waals surface area (Å²) < 4.78 is 0. The molecule has 0 heterocycles. The Morgan fingerprint density at radius 3 is 1.36 bits per heavy atom. The Morgan fingerprint density at radius 2 is 0.939 bits per heavy atom. The fourth-order valence-corrected chi connectivity index (χ4v) is 12.4. The highest BCUT2D eigenvalue weighted by atomic mass is 31.2. The van der Waals surface area contributed by atoms with Crippen LogP contribution in [0.3, 0.4) is 0 Å². The first kappa shape index (κ1) is 23.8. The van der Waals surface area contributed by atoms with Crippen LogP contribution in [-0.4, -0.2) is 30.2 Å². The van der Waals surface area contributed by atoms with Gasteiger partial charge in [0.05, 0.1) is 30.2 Å². The van der Waals surface area contributed by atoms with Gasteiger partial charge in [-0.25, -0.2) is 0 Å². The molecule has 0 aliphatic rings. The van der Waals surface area contributed by atoms with E-state index in [1.165, 1.54) is 33.5 Å². The van der Waals surface area contributed by atoms with Crippen LogP contribution in [0.5, 0.6) is 0 Å². The maximum absolute atomic E-state index is 9.54. The van der Waals surface area contributed by atoms with E-state index in [-0.39, 0.29) is 6.61 Å². The highest BCUT2D eigenvalue weighted by molar-refractivity contribution is 7.90. The van der Waals surface area contributed by atoms with Gasteiger partial charge in [0, 0.05) is 12.8 Å². The molecule has 0 amide bonds. The molecule has 0 fully saturated rings. The molecule has 4 aromatic rings. The lowest BCUT2D eigenvalue weighted by molar-refractivity contribution is 0.287. The molecule has 0 aromatic heterocycles. The van der Waals surface area contributed by atoms with Gasteiger partial charge in [-0.15, -0.1) is 0 Å². The van der Waals surface area contributed by atoms with E-state index in [1.807, 2.05) is 0 Å². The Hall–Kier alpha value is -2.30. The standard InChI is InChI=1S/C30H33OP2/c31-23-13-14-25-33(29-19-9-3-10-20-29,30-21-11-4-12-22-30)26-24-32(27-15-5-1-6-16-27)28-17-7-2-8-18-28/h1-12,15-22,31H,13-14,23-26H2/q+1. The van der Waals surface area contributed by atoms with E-state index in [0.717, 1.165) is 19.0 Å². The Bertz CT molecular complexity index is 990. The van der Waals surface area contributed by atoms with Gasteiger partial charge in [0.2, 0.25) is 0 Å². The number of aliphatic hydroxyl groups is 1. The van der Waals surface area contributed by atoms with Gasteiger partial charge in [0.15, 0.2) is 0 Å². The van der Waals surface area contributed by atoms with Crippen molar-refractivity contribution in [3.63, 3.8) is 0 Å². The Labute approximate surface area is 200 Å². The van der Waals surface area contributed by atoms with Crippen molar-refractivity contribution >= 4 is 36.4 Å². The van der Waals surface area contributed by atoms with Crippen LogP contribution in [-0.2, 0) is 0 Å². The van der Waals surface area contributed by atoms with Gasteiger partial charge in [-0.3, -0.25) is 0 Å². The van der Waals surface area contributed by atoms with Gasteiger partial charge in [-0.2, -0.15) is 0 Å². The summed E-state index contributed by atoms with van der Waals surface area (Å²) in [6.07, 6.45) is 5.42. The summed E-state index contributed by atoms with van der Waals surface area (Å²) in [5.41, 5.74) is 0. The summed E-state index contributed by atoms with van der Waals surface area (Å²) in [6.45, 7) is 0.268. The number of hydrogen-bond acceptors (Lipinski definition) is 1. The lowest BCUT2D eigenvalue weighted by atomic mass is 10.3. The second-order valence-corrected chi connectivity index (χ2v) is 14.5. The van der Waals surface area contributed by atoms with Crippen molar-refractivity contribution in [1.29, 1.82) is 0 Å². The maximum Gasteiger partial charge on any atom is 0.0991 e. The average Bonchev–Trinajstić information content (AvgIpc) is 2.90. The van der Waals surface area contributed by atoms with Crippen LogP contribution < -0.4 is 21.2 Å². The first-order chi connectivity index (χ1) is 16.3. The van der Waals surface area contributed by atoms with Crippen LogP contribution in [0.4, 0.5) is 0 Å². The van der Waals surface area contributed by atoms with E-state index in [2.05, 4.69) is 121 Å². The predicted molar refractivity (Wildman–Crippen MR) is 149 cm³/mol. The normalized spacial score (nSPS) is 11.6. The van der Waals surface area contributed by atoms with Crippen molar-refractivity contribution in [3.05, 3.63) is 121 Å². The second kappa shape index (κ2) is 12.2. The molecule has 33 heavy (non-hydrogen) atoms. The van der Waals surface area contributed by atoms with E-state index in [0.29, 0.717) is 0 Å². The van der Waals surface area contributed by atoms with E-state index < -0.39 is 15.2 Å². The molecule has 4 rings (SSSR count). The lowest BCUT2D eigenvalue weighted by Gasteiger charge is -2.30. The largest absolute Gasteiger partial charge is 0.396 e. The summed E-state index contributed by atoms with van der Waals surface area (Å²) in [5, 5.41) is 15.4. The molecule has 0 aliphatic carbocycles. The van der Waals surface area contributed by atoms with E-state index in [1.54, 1.807) is 0 Å². The molecule has 168 valence electrons. The van der Waals surface area contributed by atoms with Crippen LogP contribution in [0.25, 0.3) is 0 Å². The molecule has 0 saturated carbocycles. The zero-order chi connectivity index (χ0) is 22.8. The molecule has 3 heteroatoms. The van der Waals surface area contributed by atoms with Crippen molar-refractivity contribution in [1.82, 2.24) is 0 Å². The fourth-order valence-electron chi connectivity index (χ4n) is 4.59. The molecule has 0 radical (unpaired) electrons. The van der Waals surface area contributed by atoms with Crippen LogP contribution >= 0.6 is 15.2 Å². The Morgan fingerprint density at radius 1 is 0.515 bits per heavy atom. The average molecular weight is 472 g/mol. The van der Waals surface area contributed by atoms with E-state index in [4.69, 9.17) is 0 Å². The first-order valence-electron chi connectivity index (χ1n) is 11.8. The van der Waals surface area contributed by atoms with Gasteiger partial charge in [0.25, 0.3) is 0 Å². The summed E-state index contributed by atoms with van der Waals surface area (Å²) >= 11 is 0. The van der Waals surface area contributed by atoms with Gasteiger partial charge >= 0.3 is 0 Å². The van der Waals surface area contributed by atoms with Crippen LogP contribution in [0.2, 0.25) is 0 Å². The van der Waals surface area contributed by atoms with Gasteiger partial charge < -0.3 is 5.11 Å². The number of unbranched alkanes of at least 4 members (excludes halogenated alkanes) is 1. The quantitative estimate of drug-likeness (QED) is 0.224. The molecule has 0 bridgehead atoms. The van der Waals surface area contributed by atoms with Crippen LogP contribution in [0, 0.1) is 0 Å². The molecule has 0 spiro atoms. The summed E-state index contributed by atoms with van der Waals surface area (Å²) in [6, 6.07) is 44.5. The molecule has 0 unspecified atom stereocenters. The van der Waals surface area contributed by atoms with Crippen molar-refractivity contribution in [3.8, 4) is 0 Å². The highest BCUT2D eigenvalue weighted by Crippen LogP contribution is 2.58. The van der Waals surface area contributed by atoms with Gasteiger partial charge in [-0.1, -0.05) is 97.1 Å². The summed E-state index contributed by atoms with van der Waals surface area (Å²) in [5.74, 6) is 0. The number of hydrogen-bond donors (Lipinski definition) is 1. The minimum absolute atomic E-state index is 0.268. The minimum atomic E-state index is -1.62. The van der Waals surface area contributed by atoms with Crippen molar-refractivity contribution in [2.75, 3.05) is 25.1 Å². The highest BCUT2D eigenvalue weighted by Gasteiger charge is 2.42. The number of rotatable bonds is 11. The Balaban J connectivity index is 1.75. The first-order valence-corrected chi connectivity index (χ1v) is 15.5. The summed E-state index contributed by atoms with van der Waals surface area (Å²) in [7, 11) is -2.06. The van der Waals surface area contributed by atoms with Gasteiger partial charge in [0.1, 0.15) is 0 Å². The third-order valence-corrected chi connectivity index (χ3v) is 13.8. The van der Waals surface area contributed by atoms with Crippen LogP contribution in [0.15, 0.2) is 121 Å². The topological polar surface area (TPSA) is 20.2 Å². The van der Waals surface area contributed by atoms with E-state index >= 15 is 0 Å². The van der Waals surface area contributed by atoms with Crippen molar-refractivity contribution in [2.45, 2.75) is 12.8 Å². The number of aliphatic hydroxyl groups excluding tert-OH is 1. The molecular weight excluding hydrogens is 438 g/mol. The second-order valence-electron chi connectivity index (χ2n) is 8.34. The molecular formula is C30H33OP2+. The molecule has 0 atom stereocenters. The van der Waals surface area contributed by atoms with Gasteiger partial charge in [-0.05, 0) is 55.6 Å². The smallest absolute Gasteiger partial charge is 0.0991 e. The summed E-state index contributed by atoms with van der Waals surface area (Å²) in [4.78, 5) is 0. The minimum Gasteiger partial charge on any atom is -0.396 e. The van der Waals surface area contributed by atoms with E-state index in [9.17, 15) is 5.11 Å². The third kappa shape index (κ3) is 5.99. The zero-order valence-electron chi connectivity index (χ0n) is 19.1. The molecule has 1 nitrogen and oxygen atoms in total. The Kier molecular flexibility index (Phi) is 8.85. The predicted octanol–water partition coefficient (Wildman–Crippen LogP) is 5.56. The van der Waals surface area contributed by atoms with Crippen LogP contribution in [0.1, 0.15) is 12.8 Å².